The Morgan fingerprint density at radius 1 is 1.11 bits per heavy atom. The molecule has 4 nitrogen and oxygen atoms in total. The molecule has 1 saturated carbocycles. The van der Waals surface area contributed by atoms with Crippen LogP contribution < -0.4 is 5.46 Å². The molecule has 2 aromatic rings. The standard InChI is InChI=1S/C14H13BF2N2.C6H14O2/c15-12-8-18-19(9-12)13(10-4-2-1-3-5-10)11-6-14(16,17)7-11;1-5(2,7)6(3,4)8/h1-5,8-9,11,13H,6-7H2;7-8H,1-4H3. The SMILES string of the molecule is CC(C)(O)C(C)(C)O.[B]c1cnn(C(c2ccccc2)C2CC(F)(F)C2)c1. The summed E-state index contributed by atoms with van der Waals surface area (Å²) in [5, 5.41) is 22.4. The molecule has 0 saturated heterocycles. The largest absolute Gasteiger partial charge is 0.387 e. The minimum absolute atomic E-state index is 0.0909. The molecule has 1 aliphatic rings. The maximum Gasteiger partial charge on any atom is 0.248 e. The van der Waals surface area contributed by atoms with Gasteiger partial charge in [0.05, 0.1) is 17.2 Å². The van der Waals surface area contributed by atoms with E-state index in [1.807, 2.05) is 30.3 Å². The van der Waals surface area contributed by atoms with Gasteiger partial charge in [0.1, 0.15) is 7.85 Å². The normalized spacial score (nSPS) is 18.2. The zero-order valence-electron chi connectivity index (χ0n) is 16.2. The second kappa shape index (κ2) is 7.72. The van der Waals surface area contributed by atoms with Gasteiger partial charge in [-0.25, -0.2) is 8.78 Å². The summed E-state index contributed by atoms with van der Waals surface area (Å²) in [6.45, 7) is 6.31. The Balaban J connectivity index is 0.000000279. The lowest BCUT2D eigenvalue weighted by atomic mass is 9.74. The van der Waals surface area contributed by atoms with E-state index in [2.05, 4.69) is 5.10 Å². The van der Waals surface area contributed by atoms with Crippen LogP contribution in [0.1, 0.15) is 52.1 Å². The molecule has 146 valence electrons. The summed E-state index contributed by atoms with van der Waals surface area (Å²) in [6, 6.07) is 9.45. The second-order valence-electron chi connectivity index (χ2n) is 8.25. The molecule has 0 amide bonds. The summed E-state index contributed by atoms with van der Waals surface area (Å²) in [4.78, 5) is 0. The lowest BCUT2D eigenvalue weighted by Gasteiger charge is -2.40. The minimum atomic E-state index is -2.53. The summed E-state index contributed by atoms with van der Waals surface area (Å²) in [5.74, 6) is -2.63. The average Bonchev–Trinajstić information content (AvgIpc) is 2.91. The first kappa shape index (κ1) is 21.6. The number of benzene rings is 1. The van der Waals surface area contributed by atoms with E-state index in [9.17, 15) is 8.78 Å². The lowest BCUT2D eigenvalue weighted by Crippen LogP contribution is -2.44. The first-order valence-electron chi connectivity index (χ1n) is 8.97. The van der Waals surface area contributed by atoms with Gasteiger partial charge in [-0.15, -0.1) is 0 Å². The van der Waals surface area contributed by atoms with Crippen molar-refractivity contribution in [2.75, 3.05) is 0 Å². The van der Waals surface area contributed by atoms with E-state index < -0.39 is 17.1 Å². The molecular weight excluding hydrogens is 349 g/mol. The molecule has 2 N–H and O–H groups in total. The van der Waals surface area contributed by atoms with Crippen LogP contribution in [0.2, 0.25) is 0 Å². The quantitative estimate of drug-likeness (QED) is 0.807. The maximum atomic E-state index is 13.1. The predicted octanol–water partition coefficient (Wildman–Crippen LogP) is 2.84. The second-order valence-corrected chi connectivity index (χ2v) is 8.25. The summed E-state index contributed by atoms with van der Waals surface area (Å²) >= 11 is 0. The van der Waals surface area contributed by atoms with Crippen LogP contribution >= 0.6 is 0 Å². The lowest BCUT2D eigenvalue weighted by molar-refractivity contribution is -0.120. The fourth-order valence-electron chi connectivity index (χ4n) is 2.73. The summed E-state index contributed by atoms with van der Waals surface area (Å²) < 4.78 is 28.0. The van der Waals surface area contributed by atoms with Gasteiger partial charge in [-0.05, 0) is 39.2 Å². The fraction of sp³-hybridized carbons (Fsp3) is 0.550. The molecule has 1 atom stereocenters. The van der Waals surface area contributed by atoms with Crippen molar-refractivity contribution in [1.29, 1.82) is 0 Å². The first-order valence-corrected chi connectivity index (χ1v) is 8.97. The van der Waals surface area contributed by atoms with Gasteiger partial charge in [0, 0.05) is 25.2 Å². The van der Waals surface area contributed by atoms with E-state index in [0.29, 0.717) is 5.46 Å². The van der Waals surface area contributed by atoms with Gasteiger partial charge in [-0.2, -0.15) is 5.10 Å². The molecule has 1 heterocycles. The molecule has 1 aromatic carbocycles. The Morgan fingerprint density at radius 3 is 2.00 bits per heavy atom. The minimum Gasteiger partial charge on any atom is -0.387 e. The molecule has 0 aliphatic heterocycles. The number of rotatable bonds is 4. The number of alkyl halides is 2. The summed E-state index contributed by atoms with van der Waals surface area (Å²) in [7, 11) is 5.68. The van der Waals surface area contributed by atoms with Crippen molar-refractivity contribution < 1.29 is 19.0 Å². The van der Waals surface area contributed by atoms with E-state index in [1.165, 1.54) is 0 Å². The number of hydrogen-bond acceptors (Lipinski definition) is 3. The highest BCUT2D eigenvalue weighted by Gasteiger charge is 2.49. The van der Waals surface area contributed by atoms with Gasteiger partial charge in [0.2, 0.25) is 5.92 Å². The van der Waals surface area contributed by atoms with Gasteiger partial charge in [0.15, 0.2) is 0 Å². The number of nitrogens with zero attached hydrogens (tertiary/aromatic N) is 2. The Morgan fingerprint density at radius 2 is 1.63 bits per heavy atom. The van der Waals surface area contributed by atoms with Crippen molar-refractivity contribution >= 4 is 13.3 Å². The molecule has 0 spiro atoms. The zero-order chi connectivity index (χ0) is 20.5. The van der Waals surface area contributed by atoms with Crippen molar-refractivity contribution in [1.82, 2.24) is 9.78 Å². The van der Waals surface area contributed by atoms with Crippen LogP contribution in [0.15, 0.2) is 42.7 Å². The van der Waals surface area contributed by atoms with E-state index >= 15 is 0 Å². The topological polar surface area (TPSA) is 58.3 Å². The van der Waals surface area contributed by atoms with Crippen LogP contribution in [0.5, 0.6) is 0 Å². The molecule has 1 aromatic heterocycles. The van der Waals surface area contributed by atoms with Crippen molar-refractivity contribution in [3.8, 4) is 0 Å². The molecule has 1 fully saturated rings. The van der Waals surface area contributed by atoms with Crippen LogP contribution in [0.25, 0.3) is 0 Å². The van der Waals surface area contributed by atoms with Crippen LogP contribution in [0.3, 0.4) is 0 Å². The van der Waals surface area contributed by atoms with Gasteiger partial charge in [-0.3, -0.25) is 4.68 Å². The van der Waals surface area contributed by atoms with Crippen molar-refractivity contribution in [2.24, 2.45) is 5.92 Å². The molecule has 0 bridgehead atoms. The molecule has 27 heavy (non-hydrogen) atoms. The van der Waals surface area contributed by atoms with Gasteiger partial charge >= 0.3 is 0 Å². The van der Waals surface area contributed by atoms with Crippen molar-refractivity contribution in [3.05, 3.63) is 48.3 Å². The highest BCUT2D eigenvalue weighted by molar-refractivity contribution is 6.31. The Kier molecular flexibility index (Phi) is 6.17. The highest BCUT2D eigenvalue weighted by atomic mass is 19.3. The number of aliphatic hydroxyl groups is 2. The summed E-state index contributed by atoms with van der Waals surface area (Å²) in [6.07, 6.45) is 3.07. The molecular formula is C20H27BF2N2O2. The van der Waals surface area contributed by atoms with Crippen LogP contribution in [-0.2, 0) is 0 Å². The van der Waals surface area contributed by atoms with Crippen molar-refractivity contribution in [3.63, 3.8) is 0 Å². The van der Waals surface area contributed by atoms with Crippen molar-refractivity contribution in [2.45, 2.75) is 63.7 Å². The number of halogens is 2. The Labute approximate surface area is 160 Å². The molecule has 1 aliphatic carbocycles. The van der Waals surface area contributed by atoms with E-state index in [1.54, 1.807) is 44.8 Å². The van der Waals surface area contributed by atoms with Gasteiger partial charge in [0.25, 0.3) is 0 Å². The third-order valence-corrected chi connectivity index (χ3v) is 5.11. The number of hydrogen-bond donors (Lipinski definition) is 2. The van der Waals surface area contributed by atoms with Crippen LogP contribution in [-0.4, -0.2) is 45.0 Å². The molecule has 1 unspecified atom stereocenters. The van der Waals surface area contributed by atoms with E-state index in [4.69, 9.17) is 18.1 Å². The highest BCUT2D eigenvalue weighted by Crippen LogP contribution is 2.49. The summed E-state index contributed by atoms with van der Waals surface area (Å²) in [5.41, 5.74) is -0.474. The maximum absolute atomic E-state index is 13.1. The Bertz CT molecular complexity index is 716. The first-order chi connectivity index (χ1) is 12.3. The van der Waals surface area contributed by atoms with Crippen LogP contribution in [0.4, 0.5) is 8.78 Å². The molecule has 7 heteroatoms. The predicted molar refractivity (Wildman–Crippen MR) is 102 cm³/mol. The zero-order valence-corrected chi connectivity index (χ0v) is 16.2. The van der Waals surface area contributed by atoms with Gasteiger partial charge in [-0.1, -0.05) is 35.8 Å². The average molecular weight is 376 g/mol. The van der Waals surface area contributed by atoms with Gasteiger partial charge < -0.3 is 10.2 Å². The number of aromatic nitrogens is 2. The van der Waals surface area contributed by atoms with E-state index in [0.717, 1.165) is 5.56 Å². The Hall–Kier alpha value is -1.73. The smallest absolute Gasteiger partial charge is 0.248 e. The third-order valence-electron chi connectivity index (χ3n) is 5.11. The molecule has 3 rings (SSSR count). The fourth-order valence-corrected chi connectivity index (χ4v) is 2.73. The molecule has 2 radical (unpaired) electrons. The van der Waals surface area contributed by atoms with Crippen LogP contribution in [0, 0.1) is 5.92 Å². The third kappa shape index (κ3) is 5.62. The monoisotopic (exact) mass is 376 g/mol. The van der Waals surface area contributed by atoms with E-state index in [-0.39, 0.29) is 24.8 Å².